The van der Waals surface area contributed by atoms with Crippen LogP contribution in [-0.4, -0.2) is 37.4 Å². The summed E-state index contributed by atoms with van der Waals surface area (Å²) < 4.78 is 62.9. The van der Waals surface area contributed by atoms with Crippen LogP contribution in [0.15, 0.2) is 34.1 Å². The van der Waals surface area contributed by atoms with Crippen LogP contribution in [0.3, 0.4) is 0 Å². The largest absolute Gasteiger partial charge is 0.446 e. The van der Waals surface area contributed by atoms with Crippen molar-refractivity contribution in [3.05, 3.63) is 24.3 Å². The van der Waals surface area contributed by atoms with Crippen molar-refractivity contribution < 1.29 is 21.6 Å². The number of nitrogens with zero attached hydrogens (tertiary/aromatic N) is 1. The molecule has 2 rings (SSSR count). The number of alkyl halides is 3. The number of nitrogens with two attached hydrogens (primary N) is 1. The van der Waals surface area contributed by atoms with Crippen molar-refractivity contribution in [2.75, 3.05) is 13.1 Å². The molecule has 1 aromatic rings. The van der Waals surface area contributed by atoms with Crippen molar-refractivity contribution in [2.24, 2.45) is 5.73 Å². The molecular weight excluding hydrogens is 325 g/mol. The summed E-state index contributed by atoms with van der Waals surface area (Å²) in [7, 11) is -3.70. The molecule has 0 bridgehead atoms. The number of benzene rings is 1. The SMILES string of the molecule is NCC1CCCN1S(=O)(=O)c1ccc(SC(F)(F)F)cc1. The number of hydrogen-bond donors (Lipinski definition) is 1. The maximum absolute atomic E-state index is 12.4. The average molecular weight is 340 g/mol. The smallest absolute Gasteiger partial charge is 0.329 e. The third-order valence-electron chi connectivity index (χ3n) is 3.26. The van der Waals surface area contributed by atoms with Crippen LogP contribution in [0.4, 0.5) is 13.2 Å². The van der Waals surface area contributed by atoms with Crippen LogP contribution < -0.4 is 5.73 Å². The lowest BCUT2D eigenvalue weighted by Crippen LogP contribution is -2.39. The molecule has 0 spiro atoms. The normalized spacial score (nSPS) is 20.9. The second kappa shape index (κ2) is 6.15. The Labute approximate surface area is 125 Å². The lowest BCUT2D eigenvalue weighted by Gasteiger charge is -2.22. The van der Waals surface area contributed by atoms with Gasteiger partial charge in [-0.3, -0.25) is 0 Å². The second-order valence-electron chi connectivity index (χ2n) is 4.67. The third kappa shape index (κ3) is 3.91. The summed E-state index contributed by atoms with van der Waals surface area (Å²) in [6.45, 7) is 0.629. The highest BCUT2D eigenvalue weighted by Gasteiger charge is 2.34. The van der Waals surface area contributed by atoms with E-state index in [1.165, 1.54) is 28.6 Å². The van der Waals surface area contributed by atoms with Crippen LogP contribution in [0.2, 0.25) is 0 Å². The van der Waals surface area contributed by atoms with E-state index in [1.807, 2.05) is 0 Å². The van der Waals surface area contributed by atoms with E-state index < -0.39 is 15.5 Å². The van der Waals surface area contributed by atoms with Crippen molar-refractivity contribution in [1.29, 1.82) is 0 Å². The molecule has 1 saturated heterocycles. The molecular formula is C12H15F3N2O2S2. The van der Waals surface area contributed by atoms with Gasteiger partial charge in [-0.2, -0.15) is 17.5 Å². The maximum atomic E-state index is 12.4. The molecule has 0 aromatic heterocycles. The molecule has 9 heteroatoms. The van der Waals surface area contributed by atoms with Crippen LogP contribution in [0.5, 0.6) is 0 Å². The van der Waals surface area contributed by atoms with Gasteiger partial charge in [-0.25, -0.2) is 8.42 Å². The van der Waals surface area contributed by atoms with Crippen molar-refractivity contribution in [1.82, 2.24) is 4.31 Å². The van der Waals surface area contributed by atoms with Crippen molar-refractivity contribution in [3.63, 3.8) is 0 Å². The predicted molar refractivity (Wildman–Crippen MR) is 74.3 cm³/mol. The first-order chi connectivity index (χ1) is 9.74. The van der Waals surface area contributed by atoms with E-state index in [9.17, 15) is 21.6 Å². The molecule has 4 nitrogen and oxygen atoms in total. The highest BCUT2D eigenvalue weighted by molar-refractivity contribution is 8.00. The van der Waals surface area contributed by atoms with E-state index >= 15 is 0 Å². The van der Waals surface area contributed by atoms with Crippen molar-refractivity contribution >= 4 is 21.8 Å². The van der Waals surface area contributed by atoms with E-state index in [1.54, 1.807) is 0 Å². The predicted octanol–water partition coefficient (Wildman–Crippen LogP) is 2.41. The Morgan fingerprint density at radius 2 is 1.90 bits per heavy atom. The topological polar surface area (TPSA) is 63.4 Å². The van der Waals surface area contributed by atoms with Crippen molar-refractivity contribution in [2.45, 2.75) is 34.2 Å². The minimum absolute atomic E-state index is 0.00521. The molecule has 1 unspecified atom stereocenters. The fraction of sp³-hybridized carbons (Fsp3) is 0.500. The van der Waals surface area contributed by atoms with Crippen LogP contribution in [0.25, 0.3) is 0 Å². The van der Waals surface area contributed by atoms with Gasteiger partial charge in [0, 0.05) is 24.0 Å². The van der Waals surface area contributed by atoms with Gasteiger partial charge in [-0.05, 0) is 48.9 Å². The average Bonchev–Trinajstić information content (AvgIpc) is 2.86. The molecule has 0 saturated carbocycles. The summed E-state index contributed by atoms with van der Waals surface area (Å²) in [6.07, 6.45) is 1.45. The fourth-order valence-corrected chi connectivity index (χ4v) is 4.55. The van der Waals surface area contributed by atoms with Gasteiger partial charge in [0.15, 0.2) is 0 Å². The zero-order valence-corrected chi connectivity index (χ0v) is 12.6. The minimum atomic E-state index is -4.39. The summed E-state index contributed by atoms with van der Waals surface area (Å²) in [5, 5.41) is 0. The van der Waals surface area contributed by atoms with Crippen LogP contribution in [0, 0.1) is 0 Å². The van der Waals surface area contributed by atoms with Crippen LogP contribution in [0.1, 0.15) is 12.8 Å². The third-order valence-corrected chi connectivity index (χ3v) is 5.96. The quantitative estimate of drug-likeness (QED) is 0.855. The Hall–Kier alpha value is -0.770. The number of hydrogen-bond acceptors (Lipinski definition) is 4. The molecule has 1 heterocycles. The highest BCUT2D eigenvalue weighted by Crippen LogP contribution is 2.37. The summed E-state index contributed by atoms with van der Waals surface area (Å²) in [5.74, 6) is 0. The zero-order chi connectivity index (χ0) is 15.7. The summed E-state index contributed by atoms with van der Waals surface area (Å²) in [5.41, 5.74) is 1.17. The zero-order valence-electron chi connectivity index (χ0n) is 11.0. The summed E-state index contributed by atoms with van der Waals surface area (Å²) >= 11 is -0.271. The lowest BCUT2D eigenvalue weighted by atomic mass is 10.2. The van der Waals surface area contributed by atoms with Crippen LogP contribution >= 0.6 is 11.8 Å². The molecule has 1 fully saturated rings. The van der Waals surface area contributed by atoms with Gasteiger partial charge in [0.2, 0.25) is 10.0 Å². The van der Waals surface area contributed by atoms with E-state index in [4.69, 9.17) is 5.73 Å². The first-order valence-corrected chi connectivity index (χ1v) is 8.57. The number of thioether (sulfide) groups is 1. The van der Waals surface area contributed by atoms with Gasteiger partial charge in [0.05, 0.1) is 4.90 Å². The Kier molecular flexibility index (Phi) is 4.86. The molecule has 0 amide bonds. The summed E-state index contributed by atoms with van der Waals surface area (Å²) in [4.78, 5) is -0.0485. The maximum Gasteiger partial charge on any atom is 0.446 e. The van der Waals surface area contributed by atoms with Crippen molar-refractivity contribution in [3.8, 4) is 0 Å². The molecule has 118 valence electrons. The monoisotopic (exact) mass is 340 g/mol. The number of halogens is 3. The fourth-order valence-electron chi connectivity index (χ4n) is 2.31. The molecule has 0 aliphatic carbocycles. The highest BCUT2D eigenvalue weighted by atomic mass is 32.2. The Bertz CT molecular complexity index is 588. The minimum Gasteiger partial charge on any atom is -0.329 e. The van der Waals surface area contributed by atoms with E-state index in [0.717, 1.165) is 6.42 Å². The molecule has 21 heavy (non-hydrogen) atoms. The molecule has 1 aromatic carbocycles. The first-order valence-electron chi connectivity index (χ1n) is 6.32. The Balaban J connectivity index is 2.21. The van der Waals surface area contributed by atoms with E-state index in [0.29, 0.717) is 13.0 Å². The molecule has 1 aliphatic rings. The van der Waals surface area contributed by atoms with Gasteiger partial charge in [-0.1, -0.05) is 0 Å². The van der Waals surface area contributed by atoms with Crippen LogP contribution in [-0.2, 0) is 10.0 Å². The Morgan fingerprint density at radius 3 is 2.43 bits per heavy atom. The molecule has 1 aliphatic heterocycles. The standard InChI is InChI=1S/C12H15F3N2O2S2/c13-12(14,15)20-10-3-5-11(6-4-10)21(18,19)17-7-1-2-9(17)8-16/h3-6,9H,1-2,7-8,16H2. The van der Waals surface area contributed by atoms with Gasteiger partial charge in [-0.15, -0.1) is 0 Å². The molecule has 2 N–H and O–H groups in total. The van der Waals surface area contributed by atoms with E-state index in [2.05, 4.69) is 0 Å². The Morgan fingerprint density at radius 1 is 1.29 bits per heavy atom. The number of rotatable bonds is 4. The molecule has 1 atom stereocenters. The van der Waals surface area contributed by atoms with Gasteiger partial charge >= 0.3 is 5.51 Å². The van der Waals surface area contributed by atoms with Gasteiger partial charge in [0.1, 0.15) is 0 Å². The molecule has 0 radical (unpaired) electrons. The second-order valence-corrected chi connectivity index (χ2v) is 7.70. The first kappa shape index (κ1) is 16.6. The van der Waals surface area contributed by atoms with Gasteiger partial charge < -0.3 is 5.73 Å². The van der Waals surface area contributed by atoms with E-state index in [-0.39, 0.29) is 34.1 Å². The summed E-state index contributed by atoms with van der Waals surface area (Å²) in [6, 6.07) is 4.50. The number of sulfonamides is 1. The lowest BCUT2D eigenvalue weighted by molar-refractivity contribution is -0.0328. The van der Waals surface area contributed by atoms with Gasteiger partial charge in [0.25, 0.3) is 0 Å².